The van der Waals surface area contributed by atoms with Gasteiger partial charge in [-0.05, 0) is 31.0 Å². The van der Waals surface area contributed by atoms with Gasteiger partial charge in [-0.25, -0.2) is 4.79 Å². The monoisotopic (exact) mass is 236 g/mol. The van der Waals surface area contributed by atoms with E-state index in [0.717, 1.165) is 12.8 Å². The maximum atomic E-state index is 12.0. The summed E-state index contributed by atoms with van der Waals surface area (Å²) in [6.45, 7) is 3.84. The molecule has 0 fully saturated rings. The molecule has 2 N–H and O–H groups in total. The van der Waals surface area contributed by atoms with Gasteiger partial charge in [0, 0.05) is 11.5 Å². The molecule has 0 atom stereocenters. The first-order valence-corrected chi connectivity index (χ1v) is 5.61. The van der Waals surface area contributed by atoms with Crippen molar-refractivity contribution in [3.8, 4) is 5.75 Å². The summed E-state index contributed by atoms with van der Waals surface area (Å²) in [6, 6.07) is 3.94. The van der Waals surface area contributed by atoms with Crippen LogP contribution in [-0.4, -0.2) is 22.0 Å². The highest BCUT2D eigenvalue weighted by Crippen LogP contribution is 2.22. The Bertz CT molecular complexity index is 433. The number of phenols is 1. The highest BCUT2D eigenvalue weighted by Gasteiger charge is 2.19. The van der Waals surface area contributed by atoms with Crippen LogP contribution in [0.5, 0.6) is 5.75 Å². The topological polar surface area (TPSA) is 74.6 Å². The van der Waals surface area contributed by atoms with Crippen LogP contribution in [0.25, 0.3) is 0 Å². The molecule has 0 spiro atoms. The summed E-state index contributed by atoms with van der Waals surface area (Å²) in [5.41, 5.74) is 0.107. The lowest BCUT2D eigenvalue weighted by Crippen LogP contribution is -2.13. The first-order chi connectivity index (χ1) is 8.01. The molecule has 0 unspecified atom stereocenters. The van der Waals surface area contributed by atoms with Gasteiger partial charge in [-0.15, -0.1) is 0 Å². The van der Waals surface area contributed by atoms with Crippen LogP contribution in [0.15, 0.2) is 18.2 Å². The lowest BCUT2D eigenvalue weighted by atomic mass is 9.92. The molecule has 4 heteroatoms. The van der Waals surface area contributed by atoms with Gasteiger partial charge < -0.3 is 10.2 Å². The number of carboxylic acid groups (broad SMARTS) is 1. The molecule has 17 heavy (non-hydrogen) atoms. The molecule has 0 saturated heterocycles. The third-order valence-corrected chi connectivity index (χ3v) is 2.87. The Morgan fingerprint density at radius 3 is 2.29 bits per heavy atom. The van der Waals surface area contributed by atoms with Crippen LogP contribution >= 0.6 is 0 Å². The number of benzene rings is 1. The number of carbonyl (C=O) groups is 2. The quantitative estimate of drug-likeness (QED) is 0.771. The second kappa shape index (κ2) is 5.48. The second-order valence-electron chi connectivity index (χ2n) is 3.91. The zero-order valence-corrected chi connectivity index (χ0v) is 9.93. The lowest BCUT2D eigenvalue weighted by molar-refractivity contribution is 0.0693. The maximum Gasteiger partial charge on any atom is 0.339 e. The average molecular weight is 236 g/mol. The molecular weight excluding hydrogens is 220 g/mol. The predicted molar refractivity (Wildman–Crippen MR) is 63.5 cm³/mol. The maximum absolute atomic E-state index is 12.0. The second-order valence-corrected chi connectivity index (χ2v) is 3.91. The summed E-state index contributed by atoms with van der Waals surface area (Å²) < 4.78 is 0. The van der Waals surface area contributed by atoms with E-state index < -0.39 is 5.97 Å². The normalized spacial score (nSPS) is 10.5. The van der Waals surface area contributed by atoms with Gasteiger partial charge in [-0.3, -0.25) is 4.79 Å². The summed E-state index contributed by atoms with van der Waals surface area (Å²) in [5.74, 6) is -1.72. The molecule has 0 bridgehead atoms. The molecule has 92 valence electrons. The smallest absolute Gasteiger partial charge is 0.339 e. The van der Waals surface area contributed by atoms with Crippen LogP contribution in [0.1, 0.15) is 47.4 Å². The van der Waals surface area contributed by atoms with E-state index in [1.807, 2.05) is 13.8 Å². The Kier molecular flexibility index (Phi) is 4.26. The summed E-state index contributed by atoms with van der Waals surface area (Å²) in [4.78, 5) is 22.9. The highest BCUT2D eigenvalue weighted by atomic mass is 16.4. The van der Waals surface area contributed by atoms with Crippen molar-refractivity contribution in [3.05, 3.63) is 29.3 Å². The SMILES string of the molecule is CCC(CC)C(=O)c1ccc(O)c(C(=O)O)c1. The summed E-state index contributed by atoms with van der Waals surface area (Å²) in [6.07, 6.45) is 1.44. The highest BCUT2D eigenvalue weighted by molar-refractivity contribution is 6.01. The van der Waals surface area contributed by atoms with E-state index in [0.29, 0.717) is 5.56 Å². The van der Waals surface area contributed by atoms with Crippen LogP contribution in [0.3, 0.4) is 0 Å². The van der Waals surface area contributed by atoms with Gasteiger partial charge >= 0.3 is 5.97 Å². The van der Waals surface area contributed by atoms with Crippen molar-refractivity contribution >= 4 is 11.8 Å². The number of aromatic carboxylic acids is 1. The first kappa shape index (κ1) is 13.2. The molecule has 0 aliphatic rings. The molecule has 1 aromatic rings. The van der Waals surface area contributed by atoms with Crippen LogP contribution in [0.4, 0.5) is 0 Å². The van der Waals surface area contributed by atoms with Gasteiger partial charge in [0.05, 0.1) is 0 Å². The van der Waals surface area contributed by atoms with Crippen LogP contribution in [0.2, 0.25) is 0 Å². The number of Topliss-reactive ketones (excluding diaryl/α,β-unsaturated/α-hetero) is 1. The van der Waals surface area contributed by atoms with Gasteiger partial charge in [0.15, 0.2) is 5.78 Å². The van der Waals surface area contributed by atoms with E-state index >= 15 is 0 Å². The average Bonchev–Trinajstić information content (AvgIpc) is 2.30. The molecule has 0 heterocycles. The summed E-state index contributed by atoms with van der Waals surface area (Å²) in [7, 11) is 0. The minimum atomic E-state index is -1.23. The molecule has 1 rings (SSSR count). The standard InChI is InChI=1S/C13H16O4/c1-3-8(4-2)12(15)9-5-6-11(14)10(7-9)13(16)17/h5-8,14H,3-4H2,1-2H3,(H,16,17). The van der Waals surface area contributed by atoms with Gasteiger partial charge in [0.25, 0.3) is 0 Å². The number of carbonyl (C=O) groups excluding carboxylic acids is 1. The van der Waals surface area contributed by atoms with E-state index in [9.17, 15) is 14.7 Å². The fourth-order valence-electron chi connectivity index (χ4n) is 1.76. The van der Waals surface area contributed by atoms with Crippen molar-refractivity contribution in [1.29, 1.82) is 0 Å². The molecule has 0 amide bonds. The fourth-order valence-corrected chi connectivity index (χ4v) is 1.76. The van der Waals surface area contributed by atoms with Crippen molar-refractivity contribution in [2.75, 3.05) is 0 Å². The van der Waals surface area contributed by atoms with Crippen molar-refractivity contribution in [2.45, 2.75) is 26.7 Å². The minimum Gasteiger partial charge on any atom is -0.507 e. The minimum absolute atomic E-state index is 0.0718. The number of hydrogen-bond acceptors (Lipinski definition) is 3. The van der Waals surface area contributed by atoms with Crippen molar-refractivity contribution in [2.24, 2.45) is 5.92 Å². The summed E-state index contributed by atoms with van der Waals surface area (Å²) >= 11 is 0. The molecule has 0 radical (unpaired) electrons. The van der Waals surface area contributed by atoms with Crippen LogP contribution in [-0.2, 0) is 0 Å². The van der Waals surface area contributed by atoms with E-state index in [4.69, 9.17) is 5.11 Å². The lowest BCUT2D eigenvalue weighted by Gasteiger charge is -2.11. The molecule has 0 aromatic heterocycles. The molecule has 0 aliphatic heterocycles. The van der Waals surface area contributed by atoms with Gasteiger partial charge in [0.2, 0.25) is 0 Å². The van der Waals surface area contributed by atoms with Crippen molar-refractivity contribution in [3.63, 3.8) is 0 Å². The zero-order valence-electron chi connectivity index (χ0n) is 9.93. The Morgan fingerprint density at radius 1 is 1.24 bits per heavy atom. The van der Waals surface area contributed by atoms with E-state index in [1.165, 1.54) is 18.2 Å². The Balaban J connectivity index is 3.11. The Labute approximate surface area is 99.9 Å². The summed E-state index contributed by atoms with van der Waals surface area (Å²) in [5, 5.41) is 18.2. The van der Waals surface area contributed by atoms with E-state index in [-0.39, 0.29) is 23.0 Å². The van der Waals surface area contributed by atoms with Crippen LogP contribution in [0, 0.1) is 5.92 Å². The van der Waals surface area contributed by atoms with Gasteiger partial charge in [0.1, 0.15) is 11.3 Å². The van der Waals surface area contributed by atoms with E-state index in [2.05, 4.69) is 0 Å². The molecule has 1 aromatic carbocycles. The number of ketones is 1. The number of rotatable bonds is 5. The van der Waals surface area contributed by atoms with E-state index in [1.54, 1.807) is 0 Å². The third kappa shape index (κ3) is 2.84. The number of aromatic hydroxyl groups is 1. The van der Waals surface area contributed by atoms with Crippen molar-refractivity contribution in [1.82, 2.24) is 0 Å². The largest absolute Gasteiger partial charge is 0.507 e. The molecule has 0 aliphatic carbocycles. The Hall–Kier alpha value is -1.84. The Morgan fingerprint density at radius 2 is 1.82 bits per heavy atom. The number of carboxylic acids is 1. The molecule has 0 saturated carbocycles. The zero-order chi connectivity index (χ0) is 13.0. The first-order valence-electron chi connectivity index (χ1n) is 5.61. The van der Waals surface area contributed by atoms with Crippen molar-refractivity contribution < 1.29 is 19.8 Å². The third-order valence-electron chi connectivity index (χ3n) is 2.87. The number of hydrogen-bond donors (Lipinski definition) is 2. The fraction of sp³-hybridized carbons (Fsp3) is 0.385. The van der Waals surface area contributed by atoms with Crippen LogP contribution < -0.4 is 0 Å². The van der Waals surface area contributed by atoms with Gasteiger partial charge in [-0.1, -0.05) is 13.8 Å². The molecule has 4 nitrogen and oxygen atoms in total. The predicted octanol–water partition coefficient (Wildman–Crippen LogP) is 2.71. The van der Waals surface area contributed by atoms with Gasteiger partial charge in [-0.2, -0.15) is 0 Å². The molecular formula is C13H16O4.